The standard InChI is InChI=1S/C50H32O3/c1-29-30(2)50(34-22-24-40-44(26-34)52-46-28-42(32-15-7-4-8-16-32)36-18-10-12-20-38(36)48(40)46)53-49(29)33-21-23-39-43(25-33)51-45-27-41(31-13-5-3-6-14-31)35-17-9-11-19-37(35)47(39)45/h3-28H,1-2H3. The van der Waals surface area contributed by atoms with Gasteiger partial charge in [-0.1, -0.05) is 121 Å². The predicted molar refractivity (Wildman–Crippen MR) is 219 cm³/mol. The van der Waals surface area contributed by atoms with Crippen molar-refractivity contribution in [1.29, 1.82) is 0 Å². The van der Waals surface area contributed by atoms with Crippen LogP contribution >= 0.6 is 0 Å². The monoisotopic (exact) mass is 680 g/mol. The highest BCUT2D eigenvalue weighted by molar-refractivity contribution is 6.23. The summed E-state index contributed by atoms with van der Waals surface area (Å²) in [6, 6.07) is 55.6. The summed E-state index contributed by atoms with van der Waals surface area (Å²) in [5.74, 6) is 1.69. The van der Waals surface area contributed by atoms with Crippen LogP contribution in [0.15, 0.2) is 171 Å². The van der Waals surface area contributed by atoms with Gasteiger partial charge in [0.05, 0.1) is 0 Å². The van der Waals surface area contributed by atoms with Gasteiger partial charge in [0.25, 0.3) is 0 Å². The number of rotatable bonds is 4. The summed E-state index contributed by atoms with van der Waals surface area (Å²) >= 11 is 0. The van der Waals surface area contributed by atoms with E-state index in [0.29, 0.717) is 0 Å². The molecule has 0 amide bonds. The Morgan fingerprint density at radius 1 is 0.302 bits per heavy atom. The van der Waals surface area contributed by atoms with Gasteiger partial charge < -0.3 is 13.3 Å². The van der Waals surface area contributed by atoms with Gasteiger partial charge in [-0.05, 0) is 105 Å². The zero-order valence-corrected chi connectivity index (χ0v) is 29.2. The molecule has 0 saturated heterocycles. The van der Waals surface area contributed by atoms with Gasteiger partial charge in [-0.3, -0.25) is 0 Å². The number of furan rings is 3. The molecule has 0 aliphatic heterocycles. The molecule has 0 atom stereocenters. The molecule has 0 bridgehead atoms. The van der Waals surface area contributed by atoms with Gasteiger partial charge in [0.15, 0.2) is 0 Å². The zero-order valence-electron chi connectivity index (χ0n) is 29.2. The van der Waals surface area contributed by atoms with Gasteiger partial charge in [0, 0.05) is 32.7 Å². The topological polar surface area (TPSA) is 39.4 Å². The second-order valence-corrected chi connectivity index (χ2v) is 14.1. The van der Waals surface area contributed by atoms with E-state index in [4.69, 9.17) is 13.3 Å². The minimum Gasteiger partial charge on any atom is -0.456 e. The molecule has 0 fully saturated rings. The van der Waals surface area contributed by atoms with Crippen molar-refractivity contribution >= 4 is 65.4 Å². The Morgan fingerprint density at radius 3 is 1.13 bits per heavy atom. The normalized spacial score (nSPS) is 12.0. The molecule has 8 aromatic carbocycles. The van der Waals surface area contributed by atoms with Crippen molar-refractivity contribution in [3.05, 3.63) is 169 Å². The fourth-order valence-corrected chi connectivity index (χ4v) is 8.42. The van der Waals surface area contributed by atoms with E-state index in [1.807, 2.05) is 0 Å². The van der Waals surface area contributed by atoms with Crippen molar-refractivity contribution in [2.24, 2.45) is 0 Å². The van der Waals surface area contributed by atoms with E-state index in [9.17, 15) is 0 Å². The summed E-state index contributed by atoms with van der Waals surface area (Å²) in [6.07, 6.45) is 0. The Morgan fingerprint density at radius 2 is 0.698 bits per heavy atom. The Balaban J connectivity index is 1.03. The van der Waals surface area contributed by atoms with E-state index in [0.717, 1.165) is 77.7 Å². The van der Waals surface area contributed by atoms with Crippen molar-refractivity contribution < 1.29 is 13.3 Å². The number of hydrogen-bond donors (Lipinski definition) is 0. The molecule has 250 valence electrons. The van der Waals surface area contributed by atoms with Gasteiger partial charge in [0.2, 0.25) is 0 Å². The summed E-state index contributed by atoms with van der Waals surface area (Å²) in [5.41, 5.74) is 12.3. The lowest BCUT2D eigenvalue weighted by atomic mass is 9.94. The van der Waals surface area contributed by atoms with Crippen LogP contribution in [0.25, 0.3) is 110 Å². The number of hydrogen-bond acceptors (Lipinski definition) is 3. The smallest absolute Gasteiger partial charge is 0.138 e. The minimum absolute atomic E-state index is 0.841. The molecule has 0 saturated carbocycles. The summed E-state index contributed by atoms with van der Waals surface area (Å²) in [6.45, 7) is 4.27. The maximum absolute atomic E-state index is 6.77. The third kappa shape index (κ3) is 4.47. The summed E-state index contributed by atoms with van der Waals surface area (Å²) in [5, 5.41) is 9.27. The van der Waals surface area contributed by atoms with Crippen molar-refractivity contribution in [3.8, 4) is 44.9 Å². The van der Waals surface area contributed by atoms with Gasteiger partial charge in [0.1, 0.15) is 33.9 Å². The molecule has 0 unspecified atom stereocenters. The molecular weight excluding hydrogens is 649 g/mol. The molecule has 3 heteroatoms. The Labute approximate surface area is 305 Å². The van der Waals surface area contributed by atoms with Crippen LogP contribution in [0, 0.1) is 13.8 Å². The van der Waals surface area contributed by atoms with Crippen LogP contribution in [0.1, 0.15) is 11.1 Å². The molecule has 3 nitrogen and oxygen atoms in total. The van der Waals surface area contributed by atoms with E-state index in [1.54, 1.807) is 0 Å². The number of benzene rings is 8. The quantitative estimate of drug-likeness (QED) is 0.186. The SMILES string of the molecule is Cc1c(-c2ccc3c(c2)oc2cc(-c4ccccc4)c4ccccc4c23)oc(-c2ccc3c(c2)oc2cc(-c4ccccc4)c4ccccc4c23)c1C. The molecular formula is C50H32O3. The third-order valence-electron chi connectivity index (χ3n) is 11.1. The van der Waals surface area contributed by atoms with E-state index >= 15 is 0 Å². The molecule has 0 radical (unpaired) electrons. The van der Waals surface area contributed by atoms with Crippen LogP contribution in [-0.2, 0) is 0 Å². The Hall–Kier alpha value is -6.84. The minimum atomic E-state index is 0.841. The van der Waals surface area contributed by atoms with E-state index in [1.165, 1.54) is 43.8 Å². The van der Waals surface area contributed by atoms with Crippen molar-refractivity contribution in [2.75, 3.05) is 0 Å². The average molecular weight is 681 g/mol. The predicted octanol–water partition coefficient (Wildman–Crippen LogP) is 14.7. The van der Waals surface area contributed by atoms with Crippen LogP contribution < -0.4 is 0 Å². The van der Waals surface area contributed by atoms with E-state index < -0.39 is 0 Å². The van der Waals surface area contributed by atoms with Crippen LogP contribution in [0.4, 0.5) is 0 Å². The molecule has 11 aromatic rings. The molecule has 3 aromatic heterocycles. The van der Waals surface area contributed by atoms with Gasteiger partial charge in [-0.15, -0.1) is 0 Å². The first-order chi connectivity index (χ1) is 26.1. The summed E-state index contributed by atoms with van der Waals surface area (Å²) in [4.78, 5) is 0. The fourth-order valence-electron chi connectivity index (χ4n) is 8.42. The maximum atomic E-state index is 6.77. The third-order valence-corrected chi connectivity index (χ3v) is 11.1. The molecule has 11 rings (SSSR count). The second-order valence-electron chi connectivity index (χ2n) is 14.1. The molecule has 53 heavy (non-hydrogen) atoms. The molecule has 0 spiro atoms. The van der Waals surface area contributed by atoms with Gasteiger partial charge in [-0.2, -0.15) is 0 Å². The zero-order chi connectivity index (χ0) is 35.2. The van der Waals surface area contributed by atoms with Crippen LogP contribution in [-0.4, -0.2) is 0 Å². The van der Waals surface area contributed by atoms with Gasteiger partial charge in [-0.25, -0.2) is 0 Å². The second kappa shape index (κ2) is 11.3. The lowest BCUT2D eigenvalue weighted by Crippen LogP contribution is -1.82. The van der Waals surface area contributed by atoms with E-state index in [2.05, 4.69) is 172 Å². The first kappa shape index (κ1) is 29.8. The summed E-state index contributed by atoms with van der Waals surface area (Å²) < 4.78 is 20.0. The lowest BCUT2D eigenvalue weighted by molar-refractivity contribution is 0.593. The van der Waals surface area contributed by atoms with Crippen molar-refractivity contribution in [1.82, 2.24) is 0 Å². The maximum Gasteiger partial charge on any atom is 0.138 e. The molecule has 0 aliphatic carbocycles. The first-order valence-corrected chi connectivity index (χ1v) is 18.1. The lowest BCUT2D eigenvalue weighted by Gasteiger charge is -2.08. The first-order valence-electron chi connectivity index (χ1n) is 18.1. The highest BCUT2D eigenvalue weighted by Gasteiger charge is 2.21. The highest BCUT2D eigenvalue weighted by atomic mass is 16.3. The van der Waals surface area contributed by atoms with Gasteiger partial charge >= 0.3 is 0 Å². The number of fused-ring (bicyclic) bond motifs is 10. The van der Waals surface area contributed by atoms with Crippen LogP contribution in [0.5, 0.6) is 0 Å². The highest BCUT2D eigenvalue weighted by Crippen LogP contribution is 2.45. The Bertz CT molecular complexity index is 3010. The Kier molecular flexibility index (Phi) is 6.38. The molecule has 0 N–H and O–H groups in total. The average Bonchev–Trinajstić information content (AvgIpc) is 3.87. The van der Waals surface area contributed by atoms with E-state index in [-0.39, 0.29) is 0 Å². The van der Waals surface area contributed by atoms with Crippen LogP contribution in [0.3, 0.4) is 0 Å². The van der Waals surface area contributed by atoms with Crippen molar-refractivity contribution in [2.45, 2.75) is 13.8 Å². The van der Waals surface area contributed by atoms with Crippen molar-refractivity contribution in [3.63, 3.8) is 0 Å². The largest absolute Gasteiger partial charge is 0.456 e. The molecule has 3 heterocycles. The summed E-state index contributed by atoms with van der Waals surface area (Å²) in [7, 11) is 0. The molecule has 0 aliphatic rings. The van der Waals surface area contributed by atoms with Crippen LogP contribution in [0.2, 0.25) is 0 Å². The fraction of sp³-hybridized carbons (Fsp3) is 0.0400.